The maximum Gasteiger partial charge on any atom is 0.262 e. The van der Waals surface area contributed by atoms with E-state index in [1.807, 2.05) is 37.7 Å². The van der Waals surface area contributed by atoms with E-state index in [0.29, 0.717) is 16.6 Å². The fourth-order valence-corrected chi connectivity index (χ4v) is 4.37. The van der Waals surface area contributed by atoms with Gasteiger partial charge in [-0.25, -0.2) is 0 Å². The predicted octanol–water partition coefficient (Wildman–Crippen LogP) is 5.03. The van der Waals surface area contributed by atoms with Gasteiger partial charge in [-0.2, -0.15) is 0 Å². The summed E-state index contributed by atoms with van der Waals surface area (Å²) in [6, 6.07) is 7.60. The molecule has 0 aliphatic heterocycles. The number of carbonyl (C=O) groups excluding carboxylic acids is 1. The van der Waals surface area contributed by atoms with E-state index in [4.69, 9.17) is 23.2 Å². The summed E-state index contributed by atoms with van der Waals surface area (Å²) >= 11 is 15.1. The third-order valence-corrected chi connectivity index (χ3v) is 6.19. The Morgan fingerprint density at radius 2 is 2.04 bits per heavy atom. The van der Waals surface area contributed by atoms with Crippen molar-refractivity contribution in [3.63, 3.8) is 0 Å². The number of thioether (sulfide) groups is 1. The van der Waals surface area contributed by atoms with Crippen LogP contribution >= 0.6 is 46.3 Å². The number of thiophene rings is 1. The van der Waals surface area contributed by atoms with E-state index in [2.05, 4.69) is 10.2 Å². The summed E-state index contributed by atoms with van der Waals surface area (Å²) in [6.07, 6.45) is 0.940. The number of halogens is 2. The Morgan fingerprint density at radius 1 is 1.25 bits per heavy atom. The van der Waals surface area contributed by atoms with E-state index in [9.17, 15) is 4.79 Å². The maximum absolute atomic E-state index is 12.3. The molecule has 1 heterocycles. The Labute approximate surface area is 161 Å². The number of amides is 1. The molecule has 1 aromatic carbocycles. The molecule has 1 aromatic heterocycles. The zero-order valence-electron chi connectivity index (χ0n) is 13.6. The van der Waals surface area contributed by atoms with Gasteiger partial charge in [0.2, 0.25) is 0 Å². The van der Waals surface area contributed by atoms with E-state index < -0.39 is 0 Å². The van der Waals surface area contributed by atoms with Crippen molar-refractivity contribution in [2.45, 2.75) is 17.1 Å². The summed E-state index contributed by atoms with van der Waals surface area (Å²) in [5, 5.41) is 6.05. The minimum absolute atomic E-state index is 0.000365. The van der Waals surface area contributed by atoms with Crippen LogP contribution in [0.5, 0.6) is 0 Å². The monoisotopic (exact) mass is 402 g/mol. The lowest BCUT2D eigenvalue weighted by Gasteiger charge is -2.10. The van der Waals surface area contributed by atoms with Crippen LogP contribution in [0.4, 0.5) is 0 Å². The molecule has 2 rings (SSSR count). The van der Waals surface area contributed by atoms with Crippen LogP contribution in [-0.4, -0.2) is 38.0 Å². The molecular weight excluding hydrogens is 383 g/mol. The number of nitrogens with one attached hydrogen (secondary N) is 1. The molecule has 0 fully saturated rings. The average molecular weight is 403 g/mol. The molecule has 130 valence electrons. The minimum atomic E-state index is 0.000365. The van der Waals surface area contributed by atoms with Gasteiger partial charge in [0.25, 0.3) is 5.91 Å². The predicted molar refractivity (Wildman–Crippen MR) is 106 cm³/mol. The van der Waals surface area contributed by atoms with Crippen molar-refractivity contribution in [3.05, 3.63) is 50.1 Å². The second-order valence-electron chi connectivity index (χ2n) is 5.56. The minimum Gasteiger partial charge on any atom is -0.351 e. The molecule has 0 atom stereocenters. The van der Waals surface area contributed by atoms with Crippen LogP contribution in [0.3, 0.4) is 0 Å². The van der Waals surface area contributed by atoms with Crippen LogP contribution in [-0.2, 0) is 5.75 Å². The smallest absolute Gasteiger partial charge is 0.262 e. The van der Waals surface area contributed by atoms with Crippen molar-refractivity contribution in [1.82, 2.24) is 10.2 Å². The summed E-state index contributed by atoms with van der Waals surface area (Å²) < 4.78 is 0. The zero-order valence-corrected chi connectivity index (χ0v) is 16.8. The molecule has 3 nitrogen and oxygen atoms in total. The maximum atomic E-state index is 12.3. The number of hydrogen-bond acceptors (Lipinski definition) is 4. The third-order valence-electron chi connectivity index (χ3n) is 3.28. The van der Waals surface area contributed by atoms with Crippen molar-refractivity contribution in [2.24, 2.45) is 0 Å². The molecule has 1 N–H and O–H groups in total. The molecule has 0 unspecified atom stereocenters. The fraction of sp³-hybridized carbons (Fsp3) is 0.353. The molecule has 0 aliphatic rings. The van der Waals surface area contributed by atoms with Crippen LogP contribution in [0.2, 0.25) is 10.0 Å². The number of rotatable bonds is 8. The first-order valence-electron chi connectivity index (χ1n) is 7.54. The van der Waals surface area contributed by atoms with Crippen LogP contribution in [0.1, 0.15) is 21.7 Å². The van der Waals surface area contributed by atoms with E-state index in [1.165, 1.54) is 11.3 Å². The Balaban J connectivity index is 1.89. The number of benzene rings is 1. The highest BCUT2D eigenvalue weighted by atomic mass is 35.5. The highest BCUT2D eigenvalue weighted by molar-refractivity contribution is 7.98. The van der Waals surface area contributed by atoms with Crippen LogP contribution in [0.25, 0.3) is 0 Å². The molecule has 1 amide bonds. The molecule has 2 aromatic rings. The second-order valence-corrected chi connectivity index (χ2v) is 8.31. The van der Waals surface area contributed by atoms with Gasteiger partial charge in [0.15, 0.2) is 0 Å². The summed E-state index contributed by atoms with van der Waals surface area (Å²) in [4.78, 5) is 16.2. The van der Waals surface area contributed by atoms with Crippen LogP contribution in [0, 0.1) is 0 Å². The molecule has 0 spiro atoms. The molecule has 0 radical (unpaired) electrons. The molecule has 0 bridgehead atoms. The van der Waals surface area contributed by atoms with E-state index >= 15 is 0 Å². The number of nitrogens with zero attached hydrogens (tertiary/aromatic N) is 1. The van der Waals surface area contributed by atoms with Crippen molar-refractivity contribution < 1.29 is 4.79 Å². The van der Waals surface area contributed by atoms with Crippen molar-refractivity contribution in [3.8, 4) is 0 Å². The molecule has 24 heavy (non-hydrogen) atoms. The molecule has 0 saturated heterocycles. The van der Waals surface area contributed by atoms with Crippen molar-refractivity contribution >= 4 is 52.2 Å². The van der Waals surface area contributed by atoms with Gasteiger partial charge in [-0.05, 0) is 56.2 Å². The van der Waals surface area contributed by atoms with Crippen molar-refractivity contribution in [1.29, 1.82) is 0 Å². The lowest BCUT2D eigenvalue weighted by Crippen LogP contribution is -2.26. The first-order chi connectivity index (χ1) is 11.5. The van der Waals surface area contributed by atoms with Gasteiger partial charge in [0, 0.05) is 17.2 Å². The molecule has 0 saturated carbocycles. The van der Waals surface area contributed by atoms with Gasteiger partial charge >= 0.3 is 0 Å². The second kappa shape index (κ2) is 9.68. The topological polar surface area (TPSA) is 32.3 Å². The largest absolute Gasteiger partial charge is 0.351 e. The fourth-order valence-electron chi connectivity index (χ4n) is 2.04. The number of carbonyl (C=O) groups is 1. The van der Waals surface area contributed by atoms with Crippen molar-refractivity contribution in [2.75, 3.05) is 27.2 Å². The Kier molecular flexibility index (Phi) is 7.91. The zero-order chi connectivity index (χ0) is 17.5. The summed E-state index contributed by atoms with van der Waals surface area (Å²) in [5.41, 5.74) is 1.08. The standard InChI is InChI=1S/C17H20Cl2N2OS2/c1-21(2)8-3-7-20-17(22)16-15(6-9-23-16)24-11-12-4-5-13(18)14(19)10-12/h4-6,9-10H,3,7-8,11H2,1-2H3,(H,20,22). The lowest BCUT2D eigenvalue weighted by molar-refractivity contribution is 0.0954. The Morgan fingerprint density at radius 3 is 2.75 bits per heavy atom. The summed E-state index contributed by atoms with van der Waals surface area (Å²) in [6.45, 7) is 1.65. The van der Waals surface area contributed by atoms with Crippen LogP contribution in [0.15, 0.2) is 34.5 Å². The average Bonchev–Trinajstić information content (AvgIpc) is 3.01. The van der Waals surface area contributed by atoms with E-state index in [0.717, 1.165) is 34.1 Å². The normalized spacial score (nSPS) is 11.0. The highest BCUT2D eigenvalue weighted by Crippen LogP contribution is 2.31. The summed E-state index contributed by atoms with van der Waals surface area (Å²) in [5.74, 6) is 0.745. The van der Waals surface area contributed by atoms with Gasteiger partial charge in [0.05, 0.1) is 10.0 Å². The highest BCUT2D eigenvalue weighted by Gasteiger charge is 2.13. The van der Waals surface area contributed by atoms with Gasteiger partial charge in [-0.1, -0.05) is 29.3 Å². The first-order valence-corrected chi connectivity index (χ1v) is 10.2. The van der Waals surface area contributed by atoms with Gasteiger partial charge in [0.1, 0.15) is 4.88 Å². The third kappa shape index (κ3) is 5.97. The summed E-state index contributed by atoms with van der Waals surface area (Å²) in [7, 11) is 4.05. The van der Waals surface area contributed by atoms with Gasteiger partial charge in [-0.15, -0.1) is 23.1 Å². The molecular formula is C17H20Cl2N2OS2. The lowest BCUT2D eigenvalue weighted by atomic mass is 10.2. The Hall–Kier alpha value is -0.720. The van der Waals surface area contributed by atoms with E-state index in [1.54, 1.807) is 17.8 Å². The molecule has 0 aliphatic carbocycles. The quantitative estimate of drug-likeness (QED) is 0.496. The number of hydrogen-bond donors (Lipinski definition) is 1. The SMILES string of the molecule is CN(C)CCCNC(=O)c1sccc1SCc1ccc(Cl)c(Cl)c1. The van der Waals surface area contributed by atoms with Crippen LogP contribution < -0.4 is 5.32 Å². The van der Waals surface area contributed by atoms with E-state index in [-0.39, 0.29) is 5.91 Å². The van der Waals surface area contributed by atoms with Gasteiger partial charge < -0.3 is 10.2 Å². The molecule has 7 heteroatoms. The Bertz CT molecular complexity index is 689. The van der Waals surface area contributed by atoms with Gasteiger partial charge in [-0.3, -0.25) is 4.79 Å². The first kappa shape index (κ1) is 19.6.